The van der Waals surface area contributed by atoms with Crippen molar-refractivity contribution < 1.29 is 4.42 Å². The van der Waals surface area contributed by atoms with E-state index in [0.717, 1.165) is 44.2 Å². The van der Waals surface area contributed by atoms with Gasteiger partial charge in [-0.1, -0.05) is 129 Å². The Labute approximate surface area is 267 Å². The largest absolute Gasteiger partial charge is 0.456 e. The second-order valence-electron chi connectivity index (χ2n) is 12.5. The van der Waals surface area contributed by atoms with Crippen molar-refractivity contribution in [1.29, 1.82) is 0 Å². The van der Waals surface area contributed by atoms with Crippen molar-refractivity contribution in [2.24, 2.45) is 0 Å². The molecule has 4 nitrogen and oxygen atoms in total. The van der Waals surface area contributed by atoms with E-state index in [1.165, 1.54) is 27.8 Å². The van der Waals surface area contributed by atoms with Gasteiger partial charge in [0.15, 0.2) is 17.5 Å². The first-order chi connectivity index (χ1) is 22.5. The molecule has 6 aromatic carbocycles. The van der Waals surface area contributed by atoms with E-state index in [1.807, 2.05) is 72.8 Å². The zero-order valence-electron chi connectivity index (χ0n) is 25.5. The monoisotopic (exact) mass is 591 g/mol. The van der Waals surface area contributed by atoms with Gasteiger partial charge in [0.1, 0.15) is 11.2 Å². The fourth-order valence-electron chi connectivity index (χ4n) is 7.00. The molecule has 8 aromatic rings. The molecule has 0 atom stereocenters. The normalized spacial score (nSPS) is 13.2. The lowest BCUT2D eigenvalue weighted by atomic mass is 9.81. The lowest BCUT2D eigenvalue weighted by Crippen LogP contribution is -2.14. The van der Waals surface area contributed by atoms with E-state index in [9.17, 15) is 0 Å². The summed E-state index contributed by atoms with van der Waals surface area (Å²) in [5.74, 6) is 1.89. The third-order valence-electron chi connectivity index (χ3n) is 9.35. The lowest BCUT2D eigenvalue weighted by molar-refractivity contribution is 0.660. The molecule has 218 valence electrons. The van der Waals surface area contributed by atoms with Gasteiger partial charge in [-0.25, -0.2) is 15.0 Å². The van der Waals surface area contributed by atoms with E-state index in [4.69, 9.17) is 19.4 Å². The maximum Gasteiger partial charge on any atom is 0.164 e. The van der Waals surface area contributed by atoms with E-state index in [2.05, 4.69) is 80.6 Å². The van der Waals surface area contributed by atoms with Crippen LogP contribution in [0.25, 0.3) is 78.4 Å². The third-order valence-corrected chi connectivity index (χ3v) is 9.35. The quantitative estimate of drug-likeness (QED) is 0.204. The molecule has 0 fully saturated rings. The number of fused-ring (bicyclic) bond motifs is 6. The molecule has 1 aliphatic carbocycles. The van der Waals surface area contributed by atoms with Crippen LogP contribution < -0.4 is 0 Å². The number of hydrogen-bond donors (Lipinski definition) is 0. The molecule has 46 heavy (non-hydrogen) atoms. The second kappa shape index (κ2) is 10.1. The molecule has 0 radical (unpaired) electrons. The molecule has 1 aliphatic rings. The predicted octanol–water partition coefficient (Wildman–Crippen LogP) is 10.7. The predicted molar refractivity (Wildman–Crippen MR) is 186 cm³/mol. The van der Waals surface area contributed by atoms with Crippen LogP contribution in [0.1, 0.15) is 25.0 Å². The molecule has 0 amide bonds. The number of hydrogen-bond acceptors (Lipinski definition) is 4. The van der Waals surface area contributed by atoms with Crippen molar-refractivity contribution in [1.82, 2.24) is 15.0 Å². The number of rotatable bonds is 4. The summed E-state index contributed by atoms with van der Waals surface area (Å²) in [6.45, 7) is 4.64. The summed E-state index contributed by atoms with van der Waals surface area (Å²) in [4.78, 5) is 14.9. The summed E-state index contributed by atoms with van der Waals surface area (Å²) in [6.07, 6.45) is 0. The Morgan fingerprint density at radius 3 is 1.76 bits per heavy atom. The molecule has 0 saturated heterocycles. The van der Waals surface area contributed by atoms with Gasteiger partial charge in [0.05, 0.1) is 0 Å². The highest BCUT2D eigenvalue weighted by molar-refractivity contribution is 6.12. The molecule has 0 aliphatic heterocycles. The van der Waals surface area contributed by atoms with E-state index < -0.39 is 0 Å². The molecule has 9 rings (SSSR count). The average Bonchev–Trinajstić information content (AvgIpc) is 3.60. The zero-order valence-corrected chi connectivity index (χ0v) is 25.5. The summed E-state index contributed by atoms with van der Waals surface area (Å²) >= 11 is 0. The van der Waals surface area contributed by atoms with Gasteiger partial charge >= 0.3 is 0 Å². The molecular weight excluding hydrogens is 562 g/mol. The Bertz CT molecular complexity index is 2380. The van der Waals surface area contributed by atoms with Gasteiger partial charge in [0.2, 0.25) is 0 Å². The minimum atomic E-state index is -0.0535. The minimum absolute atomic E-state index is 0.0535. The maximum absolute atomic E-state index is 6.52. The molecule has 2 heterocycles. The van der Waals surface area contributed by atoms with Crippen LogP contribution in [0.4, 0.5) is 0 Å². The molecule has 0 N–H and O–H groups in total. The average molecular weight is 592 g/mol. The highest BCUT2D eigenvalue weighted by atomic mass is 16.3. The van der Waals surface area contributed by atoms with Crippen molar-refractivity contribution in [3.05, 3.63) is 151 Å². The van der Waals surface area contributed by atoms with Crippen molar-refractivity contribution in [2.45, 2.75) is 19.3 Å². The summed E-state index contributed by atoms with van der Waals surface area (Å²) in [5.41, 5.74) is 12.1. The molecule has 4 heteroatoms. The Balaban J connectivity index is 1.19. The van der Waals surface area contributed by atoms with Gasteiger partial charge in [0.25, 0.3) is 0 Å². The summed E-state index contributed by atoms with van der Waals surface area (Å²) in [7, 11) is 0. The zero-order chi connectivity index (χ0) is 30.8. The van der Waals surface area contributed by atoms with Crippen LogP contribution in [-0.4, -0.2) is 15.0 Å². The van der Waals surface area contributed by atoms with E-state index >= 15 is 0 Å². The number of benzene rings is 6. The first-order valence-electron chi connectivity index (χ1n) is 15.6. The maximum atomic E-state index is 6.52. The Kier molecular flexibility index (Phi) is 5.81. The van der Waals surface area contributed by atoms with Crippen LogP contribution in [0.3, 0.4) is 0 Å². The molecule has 0 spiro atoms. The number of furan rings is 1. The van der Waals surface area contributed by atoms with Crippen LogP contribution >= 0.6 is 0 Å². The van der Waals surface area contributed by atoms with Crippen LogP contribution in [0, 0.1) is 0 Å². The summed E-state index contributed by atoms with van der Waals surface area (Å²) in [5, 5.41) is 2.03. The van der Waals surface area contributed by atoms with Gasteiger partial charge in [-0.3, -0.25) is 0 Å². The summed E-state index contributed by atoms with van der Waals surface area (Å²) in [6, 6.07) is 48.4. The second-order valence-corrected chi connectivity index (χ2v) is 12.5. The van der Waals surface area contributed by atoms with Gasteiger partial charge < -0.3 is 4.42 Å². The molecule has 0 saturated carbocycles. The number of nitrogens with zero attached hydrogens (tertiary/aromatic N) is 3. The Hall–Kier alpha value is -5.87. The highest BCUT2D eigenvalue weighted by Crippen LogP contribution is 2.49. The van der Waals surface area contributed by atoms with E-state index in [1.54, 1.807) is 0 Å². The van der Waals surface area contributed by atoms with E-state index in [-0.39, 0.29) is 5.41 Å². The SMILES string of the molecule is CC1(C)c2ccccc2-c2ccc(-c3ccc4c(c3)oc3cccc(-c5nc(-c6ccccc6)nc(-c6ccccc6)n5)c34)cc21. The smallest absolute Gasteiger partial charge is 0.164 e. The standard InChI is InChI=1S/C42H29N3O/c1-42(2)34-18-10-9-16-30(34)31-22-20-28(24-35(31)42)29-21-23-32-37(25-29)46-36-19-11-17-33(38(32)36)41-44-39(26-12-5-3-6-13-26)43-40(45-41)27-14-7-4-8-15-27/h3-25H,1-2H3. The van der Waals surface area contributed by atoms with Gasteiger partial charge in [-0.15, -0.1) is 0 Å². The third kappa shape index (κ3) is 4.11. The fourth-order valence-corrected chi connectivity index (χ4v) is 7.00. The molecule has 0 unspecified atom stereocenters. The Morgan fingerprint density at radius 2 is 1.02 bits per heavy atom. The van der Waals surface area contributed by atoms with Crippen molar-refractivity contribution in [2.75, 3.05) is 0 Å². The fraction of sp³-hybridized carbons (Fsp3) is 0.0714. The molecule has 0 bridgehead atoms. The number of aromatic nitrogens is 3. The van der Waals surface area contributed by atoms with Crippen LogP contribution in [0.2, 0.25) is 0 Å². The first-order valence-corrected chi connectivity index (χ1v) is 15.6. The molecule has 2 aromatic heterocycles. The van der Waals surface area contributed by atoms with Crippen LogP contribution in [0.15, 0.2) is 144 Å². The summed E-state index contributed by atoms with van der Waals surface area (Å²) < 4.78 is 6.52. The van der Waals surface area contributed by atoms with Crippen LogP contribution in [-0.2, 0) is 5.41 Å². The first kappa shape index (κ1) is 26.5. The topological polar surface area (TPSA) is 51.8 Å². The minimum Gasteiger partial charge on any atom is -0.456 e. The van der Waals surface area contributed by atoms with Gasteiger partial charge in [-0.2, -0.15) is 0 Å². The van der Waals surface area contributed by atoms with Crippen molar-refractivity contribution >= 4 is 21.9 Å². The van der Waals surface area contributed by atoms with Gasteiger partial charge in [0, 0.05) is 32.9 Å². The van der Waals surface area contributed by atoms with Crippen molar-refractivity contribution in [3.8, 4) is 56.4 Å². The van der Waals surface area contributed by atoms with Crippen LogP contribution in [0.5, 0.6) is 0 Å². The van der Waals surface area contributed by atoms with Crippen molar-refractivity contribution in [3.63, 3.8) is 0 Å². The van der Waals surface area contributed by atoms with Gasteiger partial charge in [-0.05, 0) is 57.6 Å². The highest BCUT2D eigenvalue weighted by Gasteiger charge is 2.35. The molecular formula is C42H29N3O. The lowest BCUT2D eigenvalue weighted by Gasteiger charge is -2.22. The van der Waals surface area contributed by atoms with E-state index in [0.29, 0.717) is 17.5 Å². The Morgan fingerprint density at radius 1 is 0.435 bits per heavy atom.